The zero-order valence-electron chi connectivity index (χ0n) is 11.0. The van der Waals surface area contributed by atoms with Gasteiger partial charge in [0.05, 0.1) is 6.54 Å². The Hall–Kier alpha value is -1.84. The summed E-state index contributed by atoms with van der Waals surface area (Å²) in [5.74, 6) is 0.907. The lowest BCUT2D eigenvalue weighted by Gasteiger charge is -2.29. The van der Waals surface area contributed by atoms with E-state index in [1.54, 1.807) is 0 Å². The summed E-state index contributed by atoms with van der Waals surface area (Å²) >= 11 is 0. The molecule has 3 heteroatoms. The summed E-state index contributed by atoms with van der Waals surface area (Å²) in [5.41, 5.74) is 2.20. The highest BCUT2D eigenvalue weighted by atomic mass is 16.7. The molecule has 3 nitrogen and oxygen atoms in total. The highest BCUT2D eigenvalue weighted by Crippen LogP contribution is 2.34. The summed E-state index contributed by atoms with van der Waals surface area (Å²) in [7, 11) is 1.94. The third-order valence-electron chi connectivity index (χ3n) is 3.25. The number of likely N-dealkylation sites (N-methyl/N-ethyl adjacent to an activating group) is 1. The quantitative estimate of drug-likeness (QED) is 0.781. The second-order valence-electron chi connectivity index (χ2n) is 4.63. The van der Waals surface area contributed by atoms with Crippen LogP contribution in [0.3, 0.4) is 0 Å². The minimum atomic E-state index is -0.123. The molecule has 98 valence electrons. The number of hydrogen-bond donors (Lipinski definition) is 0. The van der Waals surface area contributed by atoms with E-state index in [-0.39, 0.29) is 6.10 Å². The number of benzene rings is 2. The van der Waals surface area contributed by atoms with Crippen LogP contribution in [-0.4, -0.2) is 25.3 Å². The topological polar surface area (TPSA) is 21.7 Å². The van der Waals surface area contributed by atoms with Gasteiger partial charge in [-0.2, -0.15) is 5.06 Å². The van der Waals surface area contributed by atoms with Crippen LogP contribution in [0, 0.1) is 0 Å². The van der Waals surface area contributed by atoms with E-state index in [2.05, 4.69) is 18.2 Å². The second-order valence-corrected chi connectivity index (χ2v) is 4.63. The molecule has 0 spiro atoms. The van der Waals surface area contributed by atoms with Gasteiger partial charge in [-0.3, -0.25) is 4.84 Å². The van der Waals surface area contributed by atoms with E-state index in [1.807, 2.05) is 48.5 Å². The third-order valence-corrected chi connectivity index (χ3v) is 3.25. The minimum absolute atomic E-state index is 0.123. The molecular weight excluding hydrogens is 238 g/mol. The summed E-state index contributed by atoms with van der Waals surface area (Å²) in [6, 6.07) is 18.3. The Kier molecular flexibility index (Phi) is 3.49. The van der Waals surface area contributed by atoms with Crippen LogP contribution >= 0.6 is 0 Å². The molecule has 1 heterocycles. The maximum absolute atomic E-state index is 6.06. The Labute approximate surface area is 113 Å². The predicted octanol–water partition coefficient (Wildman–Crippen LogP) is 3.03. The summed E-state index contributed by atoms with van der Waals surface area (Å²) in [4.78, 5) is 6.06. The van der Waals surface area contributed by atoms with Gasteiger partial charge in [0.1, 0.15) is 18.5 Å². The number of fused-ring (bicyclic) bond motifs is 1. The summed E-state index contributed by atoms with van der Waals surface area (Å²) < 4.78 is 5.83. The van der Waals surface area contributed by atoms with Gasteiger partial charge in [0.15, 0.2) is 0 Å². The van der Waals surface area contributed by atoms with Crippen molar-refractivity contribution in [3.63, 3.8) is 0 Å². The maximum atomic E-state index is 6.06. The Morgan fingerprint density at radius 2 is 1.74 bits per heavy atom. The van der Waals surface area contributed by atoms with Crippen molar-refractivity contribution in [1.29, 1.82) is 0 Å². The minimum Gasteiger partial charge on any atom is -0.492 e. The predicted molar refractivity (Wildman–Crippen MR) is 73.9 cm³/mol. The fraction of sp³-hybridized carbons (Fsp3) is 0.250. The first-order chi connectivity index (χ1) is 9.34. The lowest BCUT2D eigenvalue weighted by Crippen LogP contribution is -2.29. The van der Waals surface area contributed by atoms with Gasteiger partial charge >= 0.3 is 0 Å². The van der Waals surface area contributed by atoms with E-state index in [4.69, 9.17) is 9.57 Å². The Bertz CT molecular complexity index is 541. The van der Waals surface area contributed by atoms with E-state index in [9.17, 15) is 0 Å². The molecule has 1 atom stereocenters. The van der Waals surface area contributed by atoms with Crippen LogP contribution in [0.15, 0.2) is 54.6 Å². The number of hydrogen-bond acceptors (Lipinski definition) is 3. The molecule has 0 N–H and O–H groups in total. The molecule has 1 aliphatic rings. The van der Waals surface area contributed by atoms with E-state index in [1.165, 1.54) is 0 Å². The van der Waals surface area contributed by atoms with Crippen molar-refractivity contribution in [2.75, 3.05) is 20.2 Å². The van der Waals surface area contributed by atoms with Crippen molar-refractivity contribution in [3.8, 4) is 5.75 Å². The Morgan fingerprint density at radius 3 is 2.58 bits per heavy atom. The summed E-state index contributed by atoms with van der Waals surface area (Å²) in [6.45, 7) is 1.38. The summed E-state index contributed by atoms with van der Waals surface area (Å²) in [5, 5.41) is 1.84. The maximum Gasteiger partial charge on any atom is 0.133 e. The van der Waals surface area contributed by atoms with Crippen molar-refractivity contribution < 1.29 is 9.57 Å². The average Bonchev–Trinajstić information content (AvgIpc) is 2.44. The molecule has 1 unspecified atom stereocenters. The number of ether oxygens (including phenoxy) is 1. The number of rotatable bonds is 1. The molecule has 0 aliphatic carbocycles. The van der Waals surface area contributed by atoms with Gasteiger partial charge < -0.3 is 4.74 Å². The lowest BCUT2D eigenvalue weighted by molar-refractivity contribution is -0.178. The van der Waals surface area contributed by atoms with Crippen LogP contribution in [0.2, 0.25) is 0 Å². The van der Waals surface area contributed by atoms with Gasteiger partial charge in [0, 0.05) is 12.6 Å². The second kappa shape index (κ2) is 5.43. The standard InChI is InChI=1S/C16H17NO2/c1-17-11-12-18-15-10-6-5-9-14(15)16(19-17)13-7-3-2-4-8-13/h2-10,16H,11-12H2,1H3. The van der Waals surface area contributed by atoms with E-state index in [0.29, 0.717) is 6.61 Å². The lowest BCUT2D eigenvalue weighted by atomic mass is 10.0. The average molecular weight is 255 g/mol. The first-order valence-corrected chi connectivity index (χ1v) is 6.49. The molecule has 0 amide bonds. The Morgan fingerprint density at radius 1 is 1.00 bits per heavy atom. The van der Waals surface area contributed by atoms with Crippen LogP contribution in [0.5, 0.6) is 5.75 Å². The van der Waals surface area contributed by atoms with Gasteiger partial charge in [-0.15, -0.1) is 0 Å². The molecule has 19 heavy (non-hydrogen) atoms. The van der Waals surface area contributed by atoms with Gasteiger partial charge in [-0.1, -0.05) is 48.5 Å². The van der Waals surface area contributed by atoms with Crippen LogP contribution in [0.25, 0.3) is 0 Å². The van der Waals surface area contributed by atoms with Crippen molar-refractivity contribution in [2.45, 2.75) is 6.10 Å². The molecule has 2 aromatic rings. The van der Waals surface area contributed by atoms with Gasteiger partial charge in [0.25, 0.3) is 0 Å². The number of para-hydroxylation sites is 1. The third kappa shape index (κ3) is 2.62. The van der Waals surface area contributed by atoms with Gasteiger partial charge in [-0.25, -0.2) is 0 Å². The molecule has 1 aliphatic heterocycles. The fourth-order valence-corrected chi connectivity index (χ4v) is 2.27. The van der Waals surface area contributed by atoms with Crippen LogP contribution in [0.4, 0.5) is 0 Å². The van der Waals surface area contributed by atoms with Crippen molar-refractivity contribution in [3.05, 3.63) is 65.7 Å². The van der Waals surface area contributed by atoms with Gasteiger partial charge in [-0.05, 0) is 11.6 Å². The molecule has 0 fully saturated rings. The monoisotopic (exact) mass is 255 g/mol. The van der Waals surface area contributed by atoms with Crippen LogP contribution < -0.4 is 4.74 Å². The normalized spacial score (nSPS) is 19.9. The van der Waals surface area contributed by atoms with Crippen molar-refractivity contribution >= 4 is 0 Å². The first-order valence-electron chi connectivity index (χ1n) is 6.49. The van der Waals surface area contributed by atoms with Crippen molar-refractivity contribution in [1.82, 2.24) is 5.06 Å². The SMILES string of the molecule is CN1CCOc2ccccc2C(c2ccccc2)O1. The Balaban J connectivity index is 2.05. The van der Waals surface area contributed by atoms with E-state index >= 15 is 0 Å². The molecule has 0 radical (unpaired) electrons. The molecule has 3 rings (SSSR count). The van der Waals surface area contributed by atoms with Crippen LogP contribution in [0.1, 0.15) is 17.2 Å². The largest absolute Gasteiger partial charge is 0.492 e. The molecule has 0 bridgehead atoms. The zero-order valence-corrected chi connectivity index (χ0v) is 11.0. The fourth-order valence-electron chi connectivity index (χ4n) is 2.27. The number of nitrogens with zero attached hydrogens (tertiary/aromatic N) is 1. The zero-order chi connectivity index (χ0) is 13.1. The van der Waals surface area contributed by atoms with Crippen molar-refractivity contribution in [2.24, 2.45) is 0 Å². The van der Waals surface area contributed by atoms with Crippen LogP contribution in [-0.2, 0) is 4.84 Å². The highest BCUT2D eigenvalue weighted by molar-refractivity contribution is 5.40. The first kappa shape index (κ1) is 12.2. The molecule has 0 saturated carbocycles. The molecule has 2 aromatic carbocycles. The van der Waals surface area contributed by atoms with E-state index in [0.717, 1.165) is 23.4 Å². The smallest absolute Gasteiger partial charge is 0.133 e. The van der Waals surface area contributed by atoms with E-state index < -0.39 is 0 Å². The molecule has 0 saturated heterocycles. The molecular formula is C16H17NO2. The molecule has 0 aromatic heterocycles. The summed E-state index contributed by atoms with van der Waals surface area (Å²) in [6.07, 6.45) is -0.123. The highest BCUT2D eigenvalue weighted by Gasteiger charge is 2.23. The van der Waals surface area contributed by atoms with Gasteiger partial charge in [0.2, 0.25) is 0 Å². The number of hydroxylamine groups is 2.